The van der Waals surface area contributed by atoms with Gasteiger partial charge in [0, 0.05) is 12.8 Å². The minimum Gasteiger partial charge on any atom is -0.300 e. The lowest BCUT2D eigenvalue weighted by molar-refractivity contribution is -0.124. The molecular weight excluding hydrogens is 244 g/mol. The van der Waals surface area contributed by atoms with Gasteiger partial charge in [0.15, 0.2) is 0 Å². The molecule has 0 aromatic carbocycles. The summed E-state index contributed by atoms with van der Waals surface area (Å²) >= 11 is 0. The standard InChI is InChI=1S/C19H28O/c1-18-9-3-4-16(18)15-6-5-13-12-14(20)7-11-19(13,2)17(15)8-10-18/h13,16H,3-12H2,1-2H3/t13-,16-,18-,19-/m1/s1. The van der Waals surface area contributed by atoms with Gasteiger partial charge < -0.3 is 0 Å². The van der Waals surface area contributed by atoms with Crippen LogP contribution in [0.5, 0.6) is 0 Å². The number of ketones is 1. The fraction of sp³-hybridized carbons (Fsp3) is 0.842. The third-order valence-electron chi connectivity index (χ3n) is 7.59. The van der Waals surface area contributed by atoms with E-state index in [4.69, 9.17) is 0 Å². The molecule has 0 saturated heterocycles. The molecule has 0 heterocycles. The van der Waals surface area contributed by atoms with Crippen molar-refractivity contribution in [2.24, 2.45) is 22.7 Å². The van der Waals surface area contributed by atoms with Crippen LogP contribution in [0, 0.1) is 22.7 Å². The van der Waals surface area contributed by atoms with Crippen LogP contribution in [0.2, 0.25) is 0 Å². The Kier molecular flexibility index (Phi) is 2.76. The van der Waals surface area contributed by atoms with Gasteiger partial charge in [-0.2, -0.15) is 0 Å². The lowest BCUT2D eigenvalue weighted by Gasteiger charge is -2.53. The number of carbonyl (C=O) groups is 1. The van der Waals surface area contributed by atoms with Crippen LogP contribution in [0.25, 0.3) is 0 Å². The topological polar surface area (TPSA) is 17.1 Å². The van der Waals surface area contributed by atoms with E-state index in [1.807, 2.05) is 11.1 Å². The molecule has 1 nitrogen and oxygen atoms in total. The van der Waals surface area contributed by atoms with Crippen molar-refractivity contribution in [3.63, 3.8) is 0 Å². The van der Waals surface area contributed by atoms with Gasteiger partial charge in [0.1, 0.15) is 5.78 Å². The van der Waals surface area contributed by atoms with Crippen molar-refractivity contribution in [1.82, 2.24) is 0 Å². The average Bonchev–Trinajstić information content (AvgIpc) is 2.81. The number of Topliss-reactive ketones (excluding diaryl/α,β-unsaturated/α-hetero) is 1. The summed E-state index contributed by atoms with van der Waals surface area (Å²) in [5, 5.41) is 0. The van der Waals surface area contributed by atoms with Crippen molar-refractivity contribution in [1.29, 1.82) is 0 Å². The quantitative estimate of drug-likeness (QED) is 0.564. The second-order valence-electron chi connectivity index (χ2n) is 8.50. The first-order valence-corrected chi connectivity index (χ1v) is 8.77. The summed E-state index contributed by atoms with van der Waals surface area (Å²) in [6, 6.07) is 0. The summed E-state index contributed by atoms with van der Waals surface area (Å²) in [6.07, 6.45) is 12.5. The maximum absolute atomic E-state index is 11.8. The molecule has 0 N–H and O–H groups in total. The number of fused-ring (bicyclic) bond motifs is 4. The molecule has 1 heteroatoms. The van der Waals surface area contributed by atoms with Crippen LogP contribution in [0.3, 0.4) is 0 Å². The van der Waals surface area contributed by atoms with Crippen molar-refractivity contribution < 1.29 is 4.79 Å². The van der Waals surface area contributed by atoms with Crippen LogP contribution in [0.1, 0.15) is 78.1 Å². The van der Waals surface area contributed by atoms with Crippen molar-refractivity contribution in [2.75, 3.05) is 0 Å². The monoisotopic (exact) mass is 272 g/mol. The second kappa shape index (κ2) is 4.21. The van der Waals surface area contributed by atoms with Crippen LogP contribution in [-0.4, -0.2) is 5.78 Å². The molecule has 0 aromatic heterocycles. The van der Waals surface area contributed by atoms with Crippen LogP contribution in [-0.2, 0) is 4.79 Å². The predicted molar refractivity (Wildman–Crippen MR) is 81.4 cm³/mol. The van der Waals surface area contributed by atoms with Crippen LogP contribution in [0.4, 0.5) is 0 Å². The van der Waals surface area contributed by atoms with E-state index in [0.29, 0.717) is 22.5 Å². The van der Waals surface area contributed by atoms with E-state index >= 15 is 0 Å². The summed E-state index contributed by atoms with van der Waals surface area (Å²) in [6.45, 7) is 5.05. The number of carbonyl (C=O) groups excluding carboxylic acids is 1. The van der Waals surface area contributed by atoms with E-state index in [-0.39, 0.29) is 0 Å². The van der Waals surface area contributed by atoms with E-state index in [9.17, 15) is 4.79 Å². The first-order valence-electron chi connectivity index (χ1n) is 8.77. The fourth-order valence-electron chi connectivity index (χ4n) is 6.24. The zero-order valence-electron chi connectivity index (χ0n) is 13.1. The molecule has 20 heavy (non-hydrogen) atoms. The van der Waals surface area contributed by atoms with E-state index in [1.54, 1.807) is 0 Å². The highest BCUT2D eigenvalue weighted by molar-refractivity contribution is 5.80. The first kappa shape index (κ1) is 13.1. The highest BCUT2D eigenvalue weighted by atomic mass is 16.1. The largest absolute Gasteiger partial charge is 0.300 e. The Balaban J connectivity index is 1.75. The van der Waals surface area contributed by atoms with Crippen molar-refractivity contribution >= 4 is 5.78 Å². The molecule has 2 saturated carbocycles. The highest BCUT2D eigenvalue weighted by Crippen LogP contribution is 2.63. The van der Waals surface area contributed by atoms with Gasteiger partial charge in [-0.3, -0.25) is 4.79 Å². The zero-order valence-corrected chi connectivity index (χ0v) is 13.1. The third kappa shape index (κ3) is 1.64. The molecular formula is C19H28O. The van der Waals surface area contributed by atoms with Crippen LogP contribution >= 0.6 is 0 Å². The molecule has 4 aliphatic rings. The summed E-state index contributed by atoms with van der Waals surface area (Å²) in [4.78, 5) is 11.8. The predicted octanol–water partition coefficient (Wildman–Crippen LogP) is 5.05. The minimum absolute atomic E-state index is 0.380. The molecule has 0 aromatic rings. The zero-order chi connectivity index (χ0) is 14.0. The van der Waals surface area contributed by atoms with Gasteiger partial charge in [0.2, 0.25) is 0 Å². The van der Waals surface area contributed by atoms with Crippen molar-refractivity contribution in [3.8, 4) is 0 Å². The Bertz CT molecular complexity index is 488. The van der Waals surface area contributed by atoms with E-state index in [2.05, 4.69) is 13.8 Å². The Morgan fingerprint density at radius 2 is 1.85 bits per heavy atom. The van der Waals surface area contributed by atoms with E-state index in [1.165, 1.54) is 44.9 Å². The maximum Gasteiger partial charge on any atom is 0.133 e. The number of allylic oxidation sites excluding steroid dienone is 2. The molecule has 0 radical (unpaired) electrons. The fourth-order valence-corrected chi connectivity index (χ4v) is 6.24. The van der Waals surface area contributed by atoms with Gasteiger partial charge in [0.25, 0.3) is 0 Å². The number of hydrogen-bond acceptors (Lipinski definition) is 1. The summed E-state index contributed by atoms with van der Waals surface area (Å²) in [7, 11) is 0. The maximum atomic E-state index is 11.8. The molecule has 0 aliphatic heterocycles. The molecule has 4 aliphatic carbocycles. The average molecular weight is 272 g/mol. The molecule has 110 valence electrons. The normalized spacial score (nSPS) is 47.8. The second-order valence-corrected chi connectivity index (χ2v) is 8.50. The smallest absolute Gasteiger partial charge is 0.133 e. The third-order valence-corrected chi connectivity index (χ3v) is 7.59. The minimum atomic E-state index is 0.380. The lowest BCUT2D eigenvalue weighted by Crippen LogP contribution is -2.43. The molecule has 0 bridgehead atoms. The van der Waals surface area contributed by atoms with Crippen LogP contribution in [0.15, 0.2) is 11.1 Å². The Morgan fingerprint density at radius 1 is 1.00 bits per heavy atom. The summed E-state index contributed by atoms with van der Waals surface area (Å²) in [5.74, 6) is 2.08. The Labute approximate surface area is 123 Å². The van der Waals surface area contributed by atoms with E-state index in [0.717, 1.165) is 25.2 Å². The Morgan fingerprint density at radius 3 is 2.70 bits per heavy atom. The number of rotatable bonds is 0. The van der Waals surface area contributed by atoms with Gasteiger partial charge in [-0.05, 0) is 67.6 Å². The molecule has 0 amide bonds. The van der Waals surface area contributed by atoms with Gasteiger partial charge in [-0.1, -0.05) is 31.4 Å². The molecule has 0 unspecified atom stereocenters. The SMILES string of the molecule is C[C@]12CCC[C@@H]1C1=C(CC2)[C@]2(C)CCC(=O)C[C@H]2CC1. The highest BCUT2D eigenvalue weighted by Gasteiger charge is 2.51. The van der Waals surface area contributed by atoms with Gasteiger partial charge in [-0.25, -0.2) is 0 Å². The summed E-state index contributed by atoms with van der Waals surface area (Å²) < 4.78 is 0. The summed E-state index contributed by atoms with van der Waals surface area (Å²) in [5.41, 5.74) is 4.69. The molecule has 4 rings (SSSR count). The molecule has 4 atom stereocenters. The first-order chi connectivity index (χ1) is 9.53. The van der Waals surface area contributed by atoms with Crippen molar-refractivity contribution in [2.45, 2.75) is 78.1 Å². The van der Waals surface area contributed by atoms with Crippen LogP contribution < -0.4 is 0 Å². The molecule has 2 fully saturated rings. The van der Waals surface area contributed by atoms with E-state index < -0.39 is 0 Å². The number of hydrogen-bond donors (Lipinski definition) is 0. The van der Waals surface area contributed by atoms with Gasteiger partial charge in [0.05, 0.1) is 0 Å². The van der Waals surface area contributed by atoms with Crippen molar-refractivity contribution in [3.05, 3.63) is 11.1 Å². The Hall–Kier alpha value is -0.590. The lowest BCUT2D eigenvalue weighted by atomic mass is 9.52. The van der Waals surface area contributed by atoms with Gasteiger partial charge >= 0.3 is 0 Å². The molecule has 0 spiro atoms. The van der Waals surface area contributed by atoms with Gasteiger partial charge in [-0.15, -0.1) is 0 Å².